The highest BCUT2D eigenvalue weighted by Gasteiger charge is 2.26. The van der Waals surface area contributed by atoms with Crippen molar-refractivity contribution in [3.8, 4) is 0 Å². The SMILES string of the molecule is CN=C(NCCCOCCOC)NCc1ccc(S(=O)(=O)N2CCCC2)cc1. The summed E-state index contributed by atoms with van der Waals surface area (Å²) in [5.74, 6) is 0.700. The summed E-state index contributed by atoms with van der Waals surface area (Å²) in [4.78, 5) is 4.55. The number of nitrogens with zero attached hydrogens (tertiary/aromatic N) is 2. The minimum atomic E-state index is -3.36. The third-order valence-corrected chi connectivity index (χ3v) is 6.41. The van der Waals surface area contributed by atoms with Gasteiger partial charge in [0.25, 0.3) is 0 Å². The summed E-state index contributed by atoms with van der Waals surface area (Å²) in [6, 6.07) is 7.04. The van der Waals surface area contributed by atoms with Crippen LogP contribution in [0.15, 0.2) is 34.2 Å². The van der Waals surface area contributed by atoms with E-state index in [1.807, 2.05) is 12.1 Å². The lowest BCUT2D eigenvalue weighted by molar-refractivity contribution is 0.0698. The third-order valence-electron chi connectivity index (χ3n) is 4.50. The predicted molar refractivity (Wildman–Crippen MR) is 110 cm³/mol. The molecule has 28 heavy (non-hydrogen) atoms. The van der Waals surface area contributed by atoms with E-state index in [1.54, 1.807) is 30.6 Å². The summed E-state index contributed by atoms with van der Waals surface area (Å²) >= 11 is 0. The number of methoxy groups -OCH3 is 1. The first-order valence-corrected chi connectivity index (χ1v) is 11.1. The van der Waals surface area contributed by atoms with Gasteiger partial charge in [0.2, 0.25) is 10.0 Å². The molecule has 0 aromatic heterocycles. The van der Waals surface area contributed by atoms with Crippen LogP contribution in [0.1, 0.15) is 24.8 Å². The maximum absolute atomic E-state index is 12.6. The van der Waals surface area contributed by atoms with Crippen molar-refractivity contribution in [2.75, 3.05) is 53.6 Å². The Kier molecular flexibility index (Phi) is 9.69. The monoisotopic (exact) mass is 412 g/mol. The number of hydrogen-bond donors (Lipinski definition) is 2. The minimum absolute atomic E-state index is 0.356. The molecule has 1 heterocycles. The fraction of sp³-hybridized carbons (Fsp3) is 0.632. The van der Waals surface area contributed by atoms with Crippen molar-refractivity contribution in [3.63, 3.8) is 0 Å². The molecule has 0 unspecified atom stereocenters. The lowest BCUT2D eigenvalue weighted by Gasteiger charge is -2.16. The van der Waals surface area contributed by atoms with Crippen LogP contribution < -0.4 is 10.6 Å². The summed E-state index contributed by atoms with van der Waals surface area (Å²) in [6.45, 7) is 4.42. The lowest BCUT2D eigenvalue weighted by Crippen LogP contribution is -2.37. The normalized spacial score (nSPS) is 15.7. The van der Waals surface area contributed by atoms with Gasteiger partial charge in [-0.05, 0) is 37.0 Å². The van der Waals surface area contributed by atoms with E-state index in [1.165, 1.54) is 0 Å². The Morgan fingerprint density at radius 2 is 1.82 bits per heavy atom. The first-order chi connectivity index (χ1) is 13.6. The number of hydrogen-bond acceptors (Lipinski definition) is 5. The van der Waals surface area contributed by atoms with E-state index < -0.39 is 10.0 Å². The molecule has 2 N–H and O–H groups in total. The molecule has 1 fully saturated rings. The van der Waals surface area contributed by atoms with Crippen LogP contribution in [0.2, 0.25) is 0 Å². The first kappa shape index (κ1) is 22.6. The number of nitrogens with one attached hydrogen (secondary N) is 2. The smallest absolute Gasteiger partial charge is 0.243 e. The van der Waals surface area contributed by atoms with Gasteiger partial charge in [-0.1, -0.05) is 12.1 Å². The quantitative estimate of drug-likeness (QED) is 0.322. The number of benzene rings is 1. The van der Waals surface area contributed by atoms with Crippen molar-refractivity contribution in [1.82, 2.24) is 14.9 Å². The summed E-state index contributed by atoms with van der Waals surface area (Å²) in [6.07, 6.45) is 2.74. The molecular weight excluding hydrogens is 380 g/mol. The fourth-order valence-corrected chi connectivity index (χ4v) is 4.41. The van der Waals surface area contributed by atoms with Crippen molar-refractivity contribution in [2.24, 2.45) is 4.99 Å². The highest BCUT2D eigenvalue weighted by Crippen LogP contribution is 2.21. The number of rotatable bonds is 11. The summed E-state index contributed by atoms with van der Waals surface area (Å²) in [5.41, 5.74) is 0.992. The maximum Gasteiger partial charge on any atom is 0.243 e. The van der Waals surface area contributed by atoms with Gasteiger partial charge in [-0.3, -0.25) is 4.99 Å². The molecule has 1 aliphatic rings. The van der Waals surface area contributed by atoms with Crippen LogP contribution in [-0.4, -0.2) is 72.3 Å². The Bertz CT molecular complexity index is 701. The van der Waals surface area contributed by atoms with Crippen molar-refractivity contribution < 1.29 is 17.9 Å². The zero-order valence-corrected chi connectivity index (χ0v) is 17.6. The van der Waals surface area contributed by atoms with Gasteiger partial charge in [-0.15, -0.1) is 0 Å². The molecule has 1 aliphatic heterocycles. The Morgan fingerprint density at radius 3 is 2.46 bits per heavy atom. The third kappa shape index (κ3) is 7.05. The van der Waals surface area contributed by atoms with Gasteiger partial charge < -0.3 is 20.1 Å². The second-order valence-corrected chi connectivity index (χ2v) is 8.50. The Morgan fingerprint density at radius 1 is 1.11 bits per heavy atom. The molecule has 9 heteroatoms. The van der Waals surface area contributed by atoms with Crippen LogP contribution in [0.3, 0.4) is 0 Å². The van der Waals surface area contributed by atoms with Crippen molar-refractivity contribution in [2.45, 2.75) is 30.7 Å². The van der Waals surface area contributed by atoms with Gasteiger partial charge in [0.1, 0.15) is 0 Å². The second kappa shape index (κ2) is 12.0. The summed E-state index contributed by atoms with van der Waals surface area (Å²) in [7, 11) is 0.0140. The van der Waals surface area contributed by atoms with Gasteiger partial charge in [0, 0.05) is 46.9 Å². The molecule has 1 aromatic carbocycles. The topological polar surface area (TPSA) is 92.3 Å². The van der Waals surface area contributed by atoms with Crippen LogP contribution in [0, 0.1) is 0 Å². The molecular formula is C19H32N4O4S. The lowest BCUT2D eigenvalue weighted by atomic mass is 10.2. The van der Waals surface area contributed by atoms with Gasteiger partial charge in [0.15, 0.2) is 5.96 Å². The van der Waals surface area contributed by atoms with E-state index in [0.717, 1.165) is 31.4 Å². The molecule has 8 nitrogen and oxygen atoms in total. The van der Waals surface area contributed by atoms with Crippen LogP contribution in [0.5, 0.6) is 0 Å². The van der Waals surface area contributed by atoms with Crippen LogP contribution >= 0.6 is 0 Å². The molecule has 1 aromatic rings. The zero-order chi connectivity index (χ0) is 20.2. The van der Waals surface area contributed by atoms with Gasteiger partial charge in [-0.25, -0.2) is 8.42 Å². The number of sulfonamides is 1. The van der Waals surface area contributed by atoms with Crippen molar-refractivity contribution in [1.29, 1.82) is 0 Å². The Labute approximate surface area is 168 Å². The van der Waals surface area contributed by atoms with Gasteiger partial charge >= 0.3 is 0 Å². The molecule has 0 aliphatic carbocycles. The van der Waals surface area contributed by atoms with E-state index in [4.69, 9.17) is 9.47 Å². The molecule has 158 valence electrons. The highest BCUT2D eigenvalue weighted by atomic mass is 32.2. The van der Waals surface area contributed by atoms with Gasteiger partial charge in [-0.2, -0.15) is 4.31 Å². The largest absolute Gasteiger partial charge is 0.382 e. The van der Waals surface area contributed by atoms with Gasteiger partial charge in [0.05, 0.1) is 18.1 Å². The summed E-state index contributed by atoms with van der Waals surface area (Å²) < 4.78 is 37.0. The van der Waals surface area contributed by atoms with Crippen LogP contribution in [0.4, 0.5) is 0 Å². The second-order valence-electron chi connectivity index (χ2n) is 6.57. The molecule has 2 rings (SSSR count). The molecule has 0 bridgehead atoms. The molecule has 0 spiro atoms. The highest BCUT2D eigenvalue weighted by molar-refractivity contribution is 7.89. The molecule has 0 atom stereocenters. The fourth-order valence-electron chi connectivity index (χ4n) is 2.89. The standard InChI is InChI=1S/C19H32N4O4S/c1-20-19(21-10-5-13-27-15-14-26-2)22-16-17-6-8-18(9-7-17)28(24,25)23-11-3-4-12-23/h6-9H,3-5,10-16H2,1-2H3,(H2,20,21,22). The van der Waals surface area contributed by atoms with E-state index >= 15 is 0 Å². The molecule has 1 saturated heterocycles. The average molecular weight is 413 g/mol. The van der Waals surface area contributed by atoms with Crippen molar-refractivity contribution >= 4 is 16.0 Å². The predicted octanol–water partition coefficient (Wildman–Crippen LogP) is 1.19. The maximum atomic E-state index is 12.6. The zero-order valence-electron chi connectivity index (χ0n) is 16.8. The van der Waals surface area contributed by atoms with Crippen LogP contribution in [0.25, 0.3) is 0 Å². The Balaban J connectivity index is 1.74. The number of ether oxygens (including phenoxy) is 2. The Hall–Kier alpha value is -1.68. The van der Waals surface area contributed by atoms with E-state index in [0.29, 0.717) is 50.3 Å². The van der Waals surface area contributed by atoms with Crippen LogP contribution in [-0.2, 0) is 26.0 Å². The van der Waals surface area contributed by atoms with Crippen molar-refractivity contribution in [3.05, 3.63) is 29.8 Å². The van der Waals surface area contributed by atoms with E-state index in [2.05, 4.69) is 15.6 Å². The number of aliphatic imine (C=N–C) groups is 1. The first-order valence-electron chi connectivity index (χ1n) is 9.68. The molecule has 0 saturated carbocycles. The average Bonchev–Trinajstić information content (AvgIpc) is 3.25. The minimum Gasteiger partial charge on any atom is -0.382 e. The summed E-state index contributed by atoms with van der Waals surface area (Å²) in [5, 5.41) is 6.46. The van der Waals surface area contributed by atoms with E-state index in [9.17, 15) is 8.42 Å². The van der Waals surface area contributed by atoms with E-state index in [-0.39, 0.29) is 0 Å². The molecule has 0 radical (unpaired) electrons. The number of guanidine groups is 1. The molecule has 0 amide bonds.